The maximum atomic E-state index is 5.91. The maximum absolute atomic E-state index is 5.91. The van der Waals surface area contributed by atoms with E-state index in [0.29, 0.717) is 6.54 Å². The lowest BCUT2D eigenvalue weighted by Crippen LogP contribution is -2.20. The van der Waals surface area contributed by atoms with Crippen molar-refractivity contribution in [3.05, 3.63) is 64.7 Å². The summed E-state index contributed by atoms with van der Waals surface area (Å²) in [6, 6.07) is 15.1. The SMILES string of the molecule is Cc1ccc(NC(CN)c2ccc(C)c(C)c2)cc1. The first kappa shape index (κ1) is 13.6. The van der Waals surface area contributed by atoms with Crippen molar-refractivity contribution in [2.45, 2.75) is 26.8 Å². The van der Waals surface area contributed by atoms with Crippen molar-refractivity contribution in [1.29, 1.82) is 0 Å². The van der Waals surface area contributed by atoms with E-state index in [1.807, 2.05) is 0 Å². The van der Waals surface area contributed by atoms with Crippen LogP contribution in [-0.2, 0) is 0 Å². The van der Waals surface area contributed by atoms with Gasteiger partial charge in [0.05, 0.1) is 6.04 Å². The van der Waals surface area contributed by atoms with Crippen LogP contribution in [0, 0.1) is 20.8 Å². The first-order chi connectivity index (χ1) is 9.10. The fraction of sp³-hybridized carbons (Fsp3) is 0.294. The van der Waals surface area contributed by atoms with Crippen LogP contribution in [0.15, 0.2) is 42.5 Å². The molecule has 0 radical (unpaired) electrons. The second-order valence-electron chi connectivity index (χ2n) is 5.14. The quantitative estimate of drug-likeness (QED) is 0.872. The summed E-state index contributed by atoms with van der Waals surface area (Å²) in [4.78, 5) is 0. The molecule has 1 unspecified atom stereocenters. The monoisotopic (exact) mass is 254 g/mol. The summed E-state index contributed by atoms with van der Waals surface area (Å²) >= 11 is 0. The first-order valence-corrected chi connectivity index (χ1v) is 6.70. The Morgan fingerprint density at radius 1 is 0.947 bits per heavy atom. The molecular formula is C17H22N2. The van der Waals surface area contributed by atoms with Crippen LogP contribution in [0.5, 0.6) is 0 Å². The molecule has 0 fully saturated rings. The molecule has 0 aliphatic rings. The van der Waals surface area contributed by atoms with E-state index in [4.69, 9.17) is 5.73 Å². The van der Waals surface area contributed by atoms with Gasteiger partial charge in [0.2, 0.25) is 0 Å². The third-order valence-electron chi connectivity index (χ3n) is 3.56. The van der Waals surface area contributed by atoms with Crippen molar-refractivity contribution >= 4 is 5.69 Å². The standard InChI is InChI=1S/C17H22N2/c1-12-4-8-16(9-5-12)19-17(11-18)15-7-6-13(2)14(3)10-15/h4-10,17,19H,11,18H2,1-3H3. The van der Waals surface area contributed by atoms with Gasteiger partial charge in [0, 0.05) is 12.2 Å². The van der Waals surface area contributed by atoms with Crippen molar-refractivity contribution in [3.8, 4) is 0 Å². The van der Waals surface area contributed by atoms with Crippen molar-refractivity contribution < 1.29 is 0 Å². The van der Waals surface area contributed by atoms with Gasteiger partial charge in [-0.2, -0.15) is 0 Å². The smallest absolute Gasteiger partial charge is 0.0636 e. The lowest BCUT2D eigenvalue weighted by atomic mass is 10.0. The van der Waals surface area contributed by atoms with Crippen LogP contribution in [0.25, 0.3) is 0 Å². The molecule has 2 heteroatoms. The van der Waals surface area contributed by atoms with Crippen LogP contribution < -0.4 is 11.1 Å². The van der Waals surface area contributed by atoms with E-state index >= 15 is 0 Å². The highest BCUT2D eigenvalue weighted by atomic mass is 14.9. The van der Waals surface area contributed by atoms with Gasteiger partial charge in [-0.15, -0.1) is 0 Å². The molecule has 0 saturated carbocycles. The molecule has 0 heterocycles. The van der Waals surface area contributed by atoms with Gasteiger partial charge < -0.3 is 11.1 Å². The van der Waals surface area contributed by atoms with Crippen LogP contribution >= 0.6 is 0 Å². The minimum atomic E-state index is 0.155. The fourth-order valence-electron chi connectivity index (χ4n) is 2.11. The Hall–Kier alpha value is -1.80. The summed E-state index contributed by atoms with van der Waals surface area (Å²) in [7, 11) is 0. The largest absolute Gasteiger partial charge is 0.377 e. The minimum Gasteiger partial charge on any atom is -0.377 e. The number of aryl methyl sites for hydroxylation is 3. The predicted molar refractivity (Wildman–Crippen MR) is 82.5 cm³/mol. The lowest BCUT2D eigenvalue weighted by molar-refractivity contribution is 0.788. The molecule has 3 N–H and O–H groups in total. The lowest BCUT2D eigenvalue weighted by Gasteiger charge is -2.19. The number of anilines is 1. The van der Waals surface area contributed by atoms with E-state index in [-0.39, 0.29) is 6.04 Å². The van der Waals surface area contributed by atoms with Crippen LogP contribution in [-0.4, -0.2) is 6.54 Å². The van der Waals surface area contributed by atoms with Gasteiger partial charge in [0.15, 0.2) is 0 Å². The number of hydrogen-bond donors (Lipinski definition) is 2. The molecule has 0 amide bonds. The molecule has 19 heavy (non-hydrogen) atoms. The van der Waals surface area contributed by atoms with Crippen molar-refractivity contribution in [1.82, 2.24) is 0 Å². The Labute approximate surface area is 115 Å². The highest BCUT2D eigenvalue weighted by Crippen LogP contribution is 2.21. The molecule has 1 atom stereocenters. The number of hydrogen-bond acceptors (Lipinski definition) is 2. The molecule has 0 bridgehead atoms. The summed E-state index contributed by atoms with van der Waals surface area (Å²) in [5.41, 5.74) is 12.1. The van der Waals surface area contributed by atoms with Crippen molar-refractivity contribution in [2.24, 2.45) is 5.73 Å². The molecular weight excluding hydrogens is 232 g/mol. The van der Waals surface area contributed by atoms with E-state index in [9.17, 15) is 0 Å². The summed E-state index contributed by atoms with van der Waals surface area (Å²) < 4.78 is 0. The fourth-order valence-corrected chi connectivity index (χ4v) is 2.11. The molecule has 100 valence electrons. The second kappa shape index (κ2) is 5.89. The molecule has 0 aromatic heterocycles. The normalized spacial score (nSPS) is 12.2. The Bertz CT molecular complexity index is 544. The summed E-state index contributed by atoms with van der Waals surface area (Å²) in [6.07, 6.45) is 0. The zero-order chi connectivity index (χ0) is 13.8. The topological polar surface area (TPSA) is 38.0 Å². The molecule has 0 aliphatic heterocycles. The highest BCUT2D eigenvalue weighted by molar-refractivity contribution is 5.47. The van der Waals surface area contributed by atoms with Gasteiger partial charge >= 0.3 is 0 Å². The van der Waals surface area contributed by atoms with E-state index < -0.39 is 0 Å². The second-order valence-corrected chi connectivity index (χ2v) is 5.14. The predicted octanol–water partition coefficient (Wildman–Crippen LogP) is 3.72. The summed E-state index contributed by atoms with van der Waals surface area (Å²) in [5.74, 6) is 0. The van der Waals surface area contributed by atoms with Crippen molar-refractivity contribution in [2.75, 3.05) is 11.9 Å². The van der Waals surface area contributed by atoms with E-state index in [1.165, 1.54) is 22.3 Å². The molecule has 2 nitrogen and oxygen atoms in total. The van der Waals surface area contributed by atoms with Gasteiger partial charge in [0.25, 0.3) is 0 Å². The number of rotatable bonds is 4. The van der Waals surface area contributed by atoms with Crippen LogP contribution in [0.4, 0.5) is 5.69 Å². The van der Waals surface area contributed by atoms with Gasteiger partial charge in [0.1, 0.15) is 0 Å². The average Bonchev–Trinajstić information content (AvgIpc) is 2.41. The van der Waals surface area contributed by atoms with Crippen LogP contribution in [0.1, 0.15) is 28.3 Å². The van der Waals surface area contributed by atoms with E-state index in [2.05, 4.69) is 68.6 Å². The average molecular weight is 254 g/mol. The molecule has 2 aromatic carbocycles. The highest BCUT2D eigenvalue weighted by Gasteiger charge is 2.10. The Kier molecular flexibility index (Phi) is 4.23. The first-order valence-electron chi connectivity index (χ1n) is 6.70. The summed E-state index contributed by atoms with van der Waals surface area (Å²) in [5, 5.41) is 3.49. The third-order valence-corrected chi connectivity index (χ3v) is 3.56. The zero-order valence-electron chi connectivity index (χ0n) is 11.9. The molecule has 2 rings (SSSR count). The van der Waals surface area contributed by atoms with Crippen LogP contribution in [0.2, 0.25) is 0 Å². The third kappa shape index (κ3) is 3.36. The molecule has 0 saturated heterocycles. The van der Waals surface area contributed by atoms with Gasteiger partial charge in [-0.05, 0) is 49.6 Å². The number of benzene rings is 2. The molecule has 0 spiro atoms. The van der Waals surface area contributed by atoms with Crippen molar-refractivity contribution in [3.63, 3.8) is 0 Å². The van der Waals surface area contributed by atoms with E-state index in [1.54, 1.807) is 0 Å². The Balaban J connectivity index is 2.19. The van der Waals surface area contributed by atoms with Crippen LogP contribution in [0.3, 0.4) is 0 Å². The molecule has 2 aromatic rings. The Morgan fingerprint density at radius 3 is 2.21 bits per heavy atom. The van der Waals surface area contributed by atoms with Gasteiger partial charge in [-0.25, -0.2) is 0 Å². The maximum Gasteiger partial charge on any atom is 0.0636 e. The minimum absolute atomic E-state index is 0.155. The van der Waals surface area contributed by atoms with E-state index in [0.717, 1.165) is 5.69 Å². The molecule has 0 aliphatic carbocycles. The number of nitrogens with two attached hydrogens (primary N) is 1. The van der Waals surface area contributed by atoms with Gasteiger partial charge in [-0.1, -0.05) is 35.9 Å². The Morgan fingerprint density at radius 2 is 1.63 bits per heavy atom. The summed E-state index contributed by atoms with van der Waals surface area (Å²) in [6.45, 7) is 6.94. The van der Waals surface area contributed by atoms with Gasteiger partial charge in [-0.3, -0.25) is 0 Å². The number of nitrogens with one attached hydrogen (secondary N) is 1. The zero-order valence-corrected chi connectivity index (χ0v) is 11.9.